The van der Waals surface area contributed by atoms with Gasteiger partial charge in [0.25, 0.3) is 0 Å². The van der Waals surface area contributed by atoms with Gasteiger partial charge in [-0.25, -0.2) is 4.98 Å². The molecule has 0 unspecified atom stereocenters. The average molecular weight is 216 g/mol. The van der Waals surface area contributed by atoms with Crippen molar-refractivity contribution in [1.29, 1.82) is 0 Å². The number of rotatable bonds is 1. The fourth-order valence-electron chi connectivity index (χ4n) is 2.62. The molecule has 0 aliphatic heterocycles. The van der Waals surface area contributed by atoms with E-state index in [0.29, 0.717) is 5.92 Å². The highest BCUT2D eigenvalue weighted by Crippen LogP contribution is 2.33. The number of aliphatic hydroxyl groups excluding tert-OH is 1. The van der Waals surface area contributed by atoms with Crippen molar-refractivity contribution in [2.24, 2.45) is 0 Å². The third-order valence-corrected chi connectivity index (χ3v) is 3.61. The van der Waals surface area contributed by atoms with Crippen LogP contribution in [0.3, 0.4) is 0 Å². The van der Waals surface area contributed by atoms with E-state index < -0.39 is 0 Å². The van der Waals surface area contributed by atoms with Crippen molar-refractivity contribution < 1.29 is 5.11 Å². The predicted molar refractivity (Wildman–Crippen MR) is 63.3 cm³/mol. The van der Waals surface area contributed by atoms with Gasteiger partial charge in [0.2, 0.25) is 0 Å². The van der Waals surface area contributed by atoms with Crippen LogP contribution in [0.1, 0.15) is 37.2 Å². The first-order chi connectivity index (χ1) is 7.83. The molecule has 1 aliphatic carbocycles. The molecule has 1 saturated carbocycles. The first kappa shape index (κ1) is 9.85. The van der Waals surface area contributed by atoms with Crippen molar-refractivity contribution in [2.45, 2.75) is 37.7 Å². The van der Waals surface area contributed by atoms with Crippen molar-refractivity contribution >= 4 is 11.0 Å². The first-order valence-corrected chi connectivity index (χ1v) is 5.94. The SMILES string of the molecule is OC1CCC(c2ccc3nc[nH]c3c2)CC1. The van der Waals surface area contributed by atoms with E-state index in [9.17, 15) is 5.11 Å². The Hall–Kier alpha value is -1.35. The van der Waals surface area contributed by atoms with Crippen LogP contribution in [0.25, 0.3) is 11.0 Å². The van der Waals surface area contributed by atoms with Gasteiger partial charge in [0.1, 0.15) is 0 Å². The van der Waals surface area contributed by atoms with Crippen LogP contribution in [0.5, 0.6) is 0 Å². The molecule has 0 atom stereocenters. The second-order valence-corrected chi connectivity index (χ2v) is 4.68. The minimum absolute atomic E-state index is 0.0767. The van der Waals surface area contributed by atoms with E-state index in [1.165, 1.54) is 5.56 Å². The minimum Gasteiger partial charge on any atom is -0.393 e. The van der Waals surface area contributed by atoms with Gasteiger partial charge in [0.15, 0.2) is 0 Å². The van der Waals surface area contributed by atoms with Crippen LogP contribution in [-0.2, 0) is 0 Å². The highest BCUT2D eigenvalue weighted by Gasteiger charge is 2.20. The molecule has 0 amide bonds. The zero-order valence-electron chi connectivity index (χ0n) is 9.19. The van der Waals surface area contributed by atoms with Gasteiger partial charge in [0.05, 0.1) is 23.5 Å². The number of imidazole rings is 1. The predicted octanol–water partition coefficient (Wildman–Crippen LogP) is 2.58. The average Bonchev–Trinajstić information content (AvgIpc) is 2.77. The summed E-state index contributed by atoms with van der Waals surface area (Å²) in [6.45, 7) is 0. The van der Waals surface area contributed by atoms with E-state index in [2.05, 4.69) is 28.2 Å². The Balaban J connectivity index is 1.87. The lowest BCUT2D eigenvalue weighted by Crippen LogP contribution is -2.16. The second kappa shape index (κ2) is 3.91. The Morgan fingerprint density at radius 1 is 1.19 bits per heavy atom. The summed E-state index contributed by atoms with van der Waals surface area (Å²) in [6.07, 6.45) is 5.73. The zero-order valence-corrected chi connectivity index (χ0v) is 9.19. The topological polar surface area (TPSA) is 48.9 Å². The third kappa shape index (κ3) is 1.71. The Morgan fingerprint density at radius 3 is 2.81 bits per heavy atom. The van der Waals surface area contributed by atoms with Crippen LogP contribution < -0.4 is 0 Å². The number of aromatic amines is 1. The maximum Gasteiger partial charge on any atom is 0.0931 e. The molecule has 3 nitrogen and oxygen atoms in total. The van der Waals surface area contributed by atoms with Crippen LogP contribution in [0.2, 0.25) is 0 Å². The molecule has 84 valence electrons. The molecular formula is C13H16N2O. The molecule has 0 bridgehead atoms. The maximum atomic E-state index is 9.50. The van der Waals surface area contributed by atoms with Crippen LogP contribution >= 0.6 is 0 Å². The van der Waals surface area contributed by atoms with Gasteiger partial charge in [-0.3, -0.25) is 0 Å². The smallest absolute Gasteiger partial charge is 0.0931 e. The third-order valence-electron chi connectivity index (χ3n) is 3.61. The summed E-state index contributed by atoms with van der Waals surface area (Å²) in [7, 11) is 0. The molecule has 2 N–H and O–H groups in total. The van der Waals surface area contributed by atoms with E-state index in [1.54, 1.807) is 6.33 Å². The number of nitrogens with zero attached hydrogens (tertiary/aromatic N) is 1. The quantitative estimate of drug-likeness (QED) is 0.769. The lowest BCUT2D eigenvalue weighted by atomic mass is 9.83. The Bertz CT molecular complexity index is 483. The molecule has 1 fully saturated rings. The maximum absolute atomic E-state index is 9.50. The molecule has 1 heterocycles. The molecule has 3 heteroatoms. The molecule has 1 aromatic carbocycles. The van der Waals surface area contributed by atoms with Crippen molar-refractivity contribution in [3.63, 3.8) is 0 Å². The number of aliphatic hydroxyl groups is 1. The summed E-state index contributed by atoms with van der Waals surface area (Å²) in [5, 5.41) is 9.50. The number of fused-ring (bicyclic) bond motifs is 1. The Labute approximate surface area is 94.5 Å². The van der Waals surface area contributed by atoms with Gasteiger partial charge < -0.3 is 10.1 Å². The van der Waals surface area contributed by atoms with Crippen LogP contribution in [0.15, 0.2) is 24.5 Å². The molecular weight excluding hydrogens is 200 g/mol. The van der Waals surface area contributed by atoms with E-state index in [1.807, 2.05) is 0 Å². The first-order valence-electron chi connectivity index (χ1n) is 5.94. The second-order valence-electron chi connectivity index (χ2n) is 4.68. The van der Waals surface area contributed by atoms with Gasteiger partial charge in [-0.05, 0) is 49.3 Å². The van der Waals surface area contributed by atoms with Gasteiger partial charge in [-0.2, -0.15) is 0 Å². The number of nitrogens with one attached hydrogen (secondary N) is 1. The summed E-state index contributed by atoms with van der Waals surface area (Å²) < 4.78 is 0. The van der Waals surface area contributed by atoms with Crippen molar-refractivity contribution in [2.75, 3.05) is 0 Å². The fraction of sp³-hybridized carbons (Fsp3) is 0.462. The van der Waals surface area contributed by atoms with Crippen LogP contribution in [-0.4, -0.2) is 21.2 Å². The molecule has 2 aromatic rings. The molecule has 0 spiro atoms. The number of hydrogen-bond donors (Lipinski definition) is 2. The van der Waals surface area contributed by atoms with Gasteiger partial charge in [-0.1, -0.05) is 6.07 Å². The highest BCUT2D eigenvalue weighted by atomic mass is 16.3. The van der Waals surface area contributed by atoms with Gasteiger partial charge in [-0.15, -0.1) is 0 Å². The summed E-state index contributed by atoms with van der Waals surface area (Å²) in [5.74, 6) is 0.607. The summed E-state index contributed by atoms with van der Waals surface area (Å²) in [5.41, 5.74) is 3.52. The summed E-state index contributed by atoms with van der Waals surface area (Å²) in [4.78, 5) is 7.37. The molecule has 16 heavy (non-hydrogen) atoms. The fourth-order valence-corrected chi connectivity index (χ4v) is 2.62. The molecule has 0 radical (unpaired) electrons. The zero-order chi connectivity index (χ0) is 11.0. The normalized spacial score (nSPS) is 26.1. The lowest BCUT2D eigenvalue weighted by molar-refractivity contribution is 0.122. The lowest BCUT2D eigenvalue weighted by Gasteiger charge is -2.25. The van der Waals surface area contributed by atoms with E-state index >= 15 is 0 Å². The minimum atomic E-state index is -0.0767. The summed E-state index contributed by atoms with van der Waals surface area (Å²) in [6, 6.07) is 6.45. The van der Waals surface area contributed by atoms with Gasteiger partial charge >= 0.3 is 0 Å². The van der Waals surface area contributed by atoms with Crippen LogP contribution in [0.4, 0.5) is 0 Å². The van der Waals surface area contributed by atoms with E-state index in [4.69, 9.17) is 0 Å². The number of hydrogen-bond acceptors (Lipinski definition) is 2. The molecule has 0 saturated heterocycles. The standard InChI is InChI=1S/C13H16N2O/c16-11-4-1-9(2-5-11)10-3-6-12-13(7-10)15-8-14-12/h3,6-9,11,16H,1-2,4-5H2,(H,14,15). The van der Waals surface area contributed by atoms with E-state index in [0.717, 1.165) is 36.7 Å². The molecule has 3 rings (SSSR count). The van der Waals surface area contributed by atoms with Crippen molar-refractivity contribution in [3.8, 4) is 0 Å². The Kier molecular flexibility index (Phi) is 2.40. The number of aromatic nitrogens is 2. The number of benzene rings is 1. The van der Waals surface area contributed by atoms with Crippen LogP contribution in [0, 0.1) is 0 Å². The largest absolute Gasteiger partial charge is 0.393 e. The molecule has 1 aliphatic rings. The van der Waals surface area contributed by atoms with Crippen molar-refractivity contribution in [3.05, 3.63) is 30.1 Å². The number of H-pyrrole nitrogens is 1. The van der Waals surface area contributed by atoms with E-state index in [-0.39, 0.29) is 6.10 Å². The highest BCUT2D eigenvalue weighted by molar-refractivity contribution is 5.75. The van der Waals surface area contributed by atoms with Gasteiger partial charge in [0, 0.05) is 0 Å². The summed E-state index contributed by atoms with van der Waals surface area (Å²) >= 11 is 0. The Morgan fingerprint density at radius 2 is 2.00 bits per heavy atom. The molecule has 1 aromatic heterocycles. The van der Waals surface area contributed by atoms with Crippen molar-refractivity contribution in [1.82, 2.24) is 9.97 Å². The monoisotopic (exact) mass is 216 g/mol.